The second-order valence-electron chi connectivity index (χ2n) is 7.98. The maximum absolute atomic E-state index is 14.0. The molecule has 0 fully saturated rings. The summed E-state index contributed by atoms with van der Waals surface area (Å²) in [5.74, 6) is -1.37. The molecule has 0 aliphatic heterocycles. The quantitative estimate of drug-likeness (QED) is 0.137. The minimum absolute atomic E-state index is 0.0369. The number of hydrogen-bond acceptors (Lipinski definition) is 2. The Kier molecular flexibility index (Phi) is 11.1. The molecule has 0 aliphatic rings. The number of aromatic nitrogens is 3. The fourth-order valence-electron chi connectivity index (χ4n) is 3.76. The Bertz CT molecular complexity index is 719. The lowest BCUT2D eigenvalue weighted by atomic mass is 9.94. The zero-order chi connectivity index (χ0) is 21.2. The number of rotatable bonds is 14. The van der Waals surface area contributed by atoms with Gasteiger partial charge in [-0.05, 0) is 50.6 Å². The molecule has 2 aromatic rings. The largest absolute Gasteiger partial charge is 0.202 e. The Labute approximate surface area is 190 Å². The molecule has 1 atom stereocenters. The molecule has 7 heteroatoms. The maximum atomic E-state index is 14.0. The van der Waals surface area contributed by atoms with Crippen LogP contribution in [0.15, 0.2) is 8.95 Å². The van der Waals surface area contributed by atoms with Crippen LogP contribution in [0.5, 0.6) is 0 Å². The molecule has 1 aromatic carbocycles. The first kappa shape index (κ1) is 24.7. The van der Waals surface area contributed by atoms with Gasteiger partial charge < -0.3 is 0 Å². The third-order valence-electron chi connectivity index (χ3n) is 5.50. The fourth-order valence-corrected chi connectivity index (χ4v) is 4.64. The zero-order valence-corrected chi connectivity index (χ0v) is 20.8. The normalized spacial score (nSPS) is 12.8. The van der Waals surface area contributed by atoms with Gasteiger partial charge in [-0.1, -0.05) is 78.1 Å². The minimum atomic E-state index is -0.931. The molecule has 2 rings (SSSR count). The number of hydrogen-bond donors (Lipinski definition) is 0. The topological polar surface area (TPSA) is 30.7 Å². The molecule has 0 amide bonds. The highest BCUT2D eigenvalue weighted by molar-refractivity contribution is 9.11. The summed E-state index contributed by atoms with van der Waals surface area (Å²) >= 11 is 6.25. The molecule has 0 bridgehead atoms. The molecule has 0 saturated heterocycles. The summed E-state index contributed by atoms with van der Waals surface area (Å²) in [6.45, 7) is 5.15. The van der Waals surface area contributed by atoms with E-state index in [2.05, 4.69) is 55.9 Å². The minimum Gasteiger partial charge on any atom is -0.202 e. The van der Waals surface area contributed by atoms with Crippen molar-refractivity contribution in [3.05, 3.63) is 20.6 Å². The molecular weight excluding hydrogens is 504 g/mol. The molecule has 3 nitrogen and oxygen atoms in total. The molecule has 0 saturated carbocycles. The van der Waals surface area contributed by atoms with Crippen molar-refractivity contribution in [2.24, 2.45) is 5.92 Å². The standard InChI is InChI=1S/C22H33Br2F2N3/c1-3-5-7-9-10-12-14-16(13-11-8-6-4-2)15-29-27-21-17(23)19(25)20(26)18(24)22(21)28-29/h16H,3-15H2,1-2H3. The third-order valence-corrected chi connectivity index (χ3v) is 6.95. The first-order chi connectivity index (χ1) is 14.0. The van der Waals surface area contributed by atoms with Crippen molar-refractivity contribution in [3.63, 3.8) is 0 Å². The van der Waals surface area contributed by atoms with Gasteiger partial charge in [0.1, 0.15) is 11.0 Å². The lowest BCUT2D eigenvalue weighted by molar-refractivity contribution is 0.327. The van der Waals surface area contributed by atoms with Crippen LogP contribution in [0, 0.1) is 17.6 Å². The number of unbranched alkanes of at least 4 members (excludes halogenated alkanes) is 8. The van der Waals surface area contributed by atoms with Gasteiger partial charge in [0.15, 0.2) is 11.6 Å². The van der Waals surface area contributed by atoms with Gasteiger partial charge in [-0.25, -0.2) is 8.78 Å². The molecular formula is C22H33Br2F2N3. The van der Waals surface area contributed by atoms with Crippen LogP contribution in [0.1, 0.15) is 90.9 Å². The Morgan fingerprint density at radius 1 is 0.724 bits per heavy atom. The summed E-state index contributed by atoms with van der Waals surface area (Å²) in [4.78, 5) is 1.63. The molecule has 29 heavy (non-hydrogen) atoms. The summed E-state index contributed by atoms with van der Waals surface area (Å²) in [6.07, 6.45) is 15.0. The van der Waals surface area contributed by atoms with Gasteiger partial charge in [-0.3, -0.25) is 0 Å². The van der Waals surface area contributed by atoms with E-state index >= 15 is 0 Å². The van der Waals surface area contributed by atoms with Gasteiger partial charge in [0.25, 0.3) is 0 Å². The highest BCUT2D eigenvalue weighted by Crippen LogP contribution is 2.33. The molecule has 1 aromatic heterocycles. The maximum Gasteiger partial charge on any atom is 0.176 e. The van der Waals surface area contributed by atoms with Gasteiger partial charge in [-0.15, -0.1) is 0 Å². The number of halogens is 4. The molecule has 0 radical (unpaired) electrons. The summed E-state index contributed by atoms with van der Waals surface area (Å²) in [7, 11) is 0. The molecule has 1 heterocycles. The molecule has 0 spiro atoms. The Morgan fingerprint density at radius 3 is 1.62 bits per heavy atom. The molecule has 0 aliphatic carbocycles. The lowest BCUT2D eigenvalue weighted by Gasteiger charge is -2.16. The number of fused-ring (bicyclic) bond motifs is 1. The Hall–Kier alpha value is -0.560. The smallest absolute Gasteiger partial charge is 0.176 e. The summed E-state index contributed by atoms with van der Waals surface area (Å²) in [5, 5.41) is 8.90. The van der Waals surface area contributed by atoms with Gasteiger partial charge >= 0.3 is 0 Å². The summed E-state index contributed by atoms with van der Waals surface area (Å²) in [6, 6.07) is 0. The van der Waals surface area contributed by atoms with Crippen molar-refractivity contribution >= 4 is 42.9 Å². The van der Waals surface area contributed by atoms with Gasteiger partial charge in [0.05, 0.1) is 15.5 Å². The highest BCUT2D eigenvalue weighted by atomic mass is 79.9. The Morgan fingerprint density at radius 2 is 1.14 bits per heavy atom. The molecule has 0 N–H and O–H groups in total. The van der Waals surface area contributed by atoms with Crippen LogP contribution in [0.25, 0.3) is 11.0 Å². The zero-order valence-electron chi connectivity index (χ0n) is 17.6. The Balaban J connectivity index is 2.04. The van der Waals surface area contributed by atoms with E-state index < -0.39 is 11.6 Å². The van der Waals surface area contributed by atoms with Crippen LogP contribution < -0.4 is 0 Å². The van der Waals surface area contributed by atoms with Crippen molar-refractivity contribution in [1.29, 1.82) is 0 Å². The van der Waals surface area contributed by atoms with E-state index in [1.165, 1.54) is 64.2 Å². The fraction of sp³-hybridized carbons (Fsp3) is 0.727. The van der Waals surface area contributed by atoms with E-state index in [9.17, 15) is 8.78 Å². The van der Waals surface area contributed by atoms with Crippen LogP contribution in [-0.2, 0) is 6.54 Å². The number of benzene rings is 1. The van der Waals surface area contributed by atoms with E-state index in [0.717, 1.165) is 12.8 Å². The molecule has 164 valence electrons. The second kappa shape index (κ2) is 13.0. The average Bonchev–Trinajstić information content (AvgIpc) is 3.14. The van der Waals surface area contributed by atoms with Crippen LogP contribution in [-0.4, -0.2) is 15.0 Å². The van der Waals surface area contributed by atoms with E-state index in [1.54, 1.807) is 4.80 Å². The van der Waals surface area contributed by atoms with Crippen molar-refractivity contribution in [3.8, 4) is 0 Å². The van der Waals surface area contributed by atoms with Crippen LogP contribution in [0.3, 0.4) is 0 Å². The summed E-state index contributed by atoms with van der Waals surface area (Å²) < 4.78 is 28.1. The van der Waals surface area contributed by atoms with E-state index in [1.807, 2.05) is 0 Å². The lowest BCUT2D eigenvalue weighted by Crippen LogP contribution is -2.13. The average molecular weight is 537 g/mol. The first-order valence-electron chi connectivity index (χ1n) is 11.1. The third kappa shape index (κ3) is 7.27. The van der Waals surface area contributed by atoms with Crippen LogP contribution in [0.2, 0.25) is 0 Å². The van der Waals surface area contributed by atoms with Gasteiger partial charge in [0.2, 0.25) is 0 Å². The van der Waals surface area contributed by atoms with Crippen LogP contribution in [0.4, 0.5) is 8.78 Å². The van der Waals surface area contributed by atoms with E-state index in [0.29, 0.717) is 23.5 Å². The van der Waals surface area contributed by atoms with Crippen molar-refractivity contribution < 1.29 is 8.78 Å². The monoisotopic (exact) mass is 535 g/mol. The predicted molar refractivity (Wildman–Crippen MR) is 123 cm³/mol. The van der Waals surface area contributed by atoms with Crippen molar-refractivity contribution in [2.75, 3.05) is 0 Å². The van der Waals surface area contributed by atoms with Gasteiger partial charge in [0, 0.05) is 0 Å². The van der Waals surface area contributed by atoms with Crippen LogP contribution >= 0.6 is 31.9 Å². The first-order valence-corrected chi connectivity index (χ1v) is 12.6. The predicted octanol–water partition coefficient (Wildman–Crippen LogP) is 8.57. The number of nitrogens with zero attached hydrogens (tertiary/aromatic N) is 3. The highest BCUT2D eigenvalue weighted by Gasteiger charge is 2.22. The van der Waals surface area contributed by atoms with E-state index in [4.69, 9.17) is 0 Å². The van der Waals surface area contributed by atoms with Crippen molar-refractivity contribution in [1.82, 2.24) is 15.0 Å². The second-order valence-corrected chi connectivity index (χ2v) is 9.57. The van der Waals surface area contributed by atoms with Crippen molar-refractivity contribution in [2.45, 2.75) is 97.4 Å². The van der Waals surface area contributed by atoms with E-state index in [-0.39, 0.29) is 8.95 Å². The summed E-state index contributed by atoms with van der Waals surface area (Å²) in [5.41, 5.74) is 0.722. The SMILES string of the molecule is CCCCCCCCC(CCCCCC)Cn1nc2c(Br)c(F)c(F)c(Br)c2n1. The molecule has 1 unspecified atom stereocenters. The van der Waals surface area contributed by atoms with Gasteiger partial charge in [-0.2, -0.15) is 15.0 Å².